The highest BCUT2D eigenvalue weighted by Gasteiger charge is 2.37. The number of methoxy groups -OCH3 is 1. The topological polar surface area (TPSA) is 87.1 Å². The number of nitrogens with zero attached hydrogens (tertiary/aromatic N) is 4. The summed E-state index contributed by atoms with van der Waals surface area (Å²) in [6, 6.07) is 21.6. The van der Waals surface area contributed by atoms with Crippen LogP contribution in [0, 0.1) is 13.8 Å². The lowest BCUT2D eigenvalue weighted by Crippen LogP contribution is -2.50. The Morgan fingerprint density at radius 1 is 0.957 bits per heavy atom. The van der Waals surface area contributed by atoms with Crippen LogP contribution in [-0.2, 0) is 26.9 Å². The van der Waals surface area contributed by atoms with Crippen molar-refractivity contribution in [3.05, 3.63) is 89.6 Å². The molecule has 246 valence electrons. The third-order valence-corrected chi connectivity index (χ3v) is 11.2. The molecular weight excluding hydrogens is 598 g/mol. The van der Waals surface area contributed by atoms with Crippen LogP contribution in [0.1, 0.15) is 36.0 Å². The van der Waals surface area contributed by atoms with Gasteiger partial charge in [-0.1, -0.05) is 36.4 Å². The van der Waals surface area contributed by atoms with E-state index in [4.69, 9.17) is 4.74 Å². The molecule has 10 heteroatoms. The number of sulfonamides is 1. The van der Waals surface area contributed by atoms with Crippen molar-refractivity contribution in [2.24, 2.45) is 0 Å². The fraction of sp³-hybridized carbons (Fsp3) is 0.417. The van der Waals surface area contributed by atoms with E-state index in [-0.39, 0.29) is 22.9 Å². The van der Waals surface area contributed by atoms with Gasteiger partial charge in [0.2, 0.25) is 5.91 Å². The summed E-state index contributed by atoms with van der Waals surface area (Å²) >= 11 is 0. The number of carbonyl (C=O) groups is 1. The first-order chi connectivity index (χ1) is 21.9. The summed E-state index contributed by atoms with van der Waals surface area (Å²) in [6.45, 7) is 7.40. The fourth-order valence-electron chi connectivity index (χ4n) is 6.86. The highest BCUT2D eigenvalue weighted by Crippen LogP contribution is 2.37. The maximum atomic E-state index is 13.4. The van der Waals surface area contributed by atoms with Crippen LogP contribution < -0.4 is 9.46 Å². The number of benzene rings is 3. The molecule has 5 rings (SSSR count). The van der Waals surface area contributed by atoms with Crippen LogP contribution in [0.15, 0.2) is 77.8 Å². The number of amides is 1. The summed E-state index contributed by atoms with van der Waals surface area (Å²) in [5.41, 5.74) is 3.90. The summed E-state index contributed by atoms with van der Waals surface area (Å²) in [4.78, 5) is 20.2. The van der Waals surface area contributed by atoms with Gasteiger partial charge in [-0.3, -0.25) is 14.4 Å². The minimum Gasteiger partial charge on any atom is -0.497 e. The Morgan fingerprint density at radius 2 is 1.63 bits per heavy atom. The van der Waals surface area contributed by atoms with Crippen molar-refractivity contribution in [3.8, 4) is 5.75 Å². The quantitative estimate of drug-likeness (QED) is 0.220. The van der Waals surface area contributed by atoms with Crippen molar-refractivity contribution >= 4 is 32.5 Å². The molecule has 1 saturated heterocycles. The van der Waals surface area contributed by atoms with Crippen molar-refractivity contribution in [1.82, 2.24) is 19.3 Å². The summed E-state index contributed by atoms with van der Waals surface area (Å²) < 4.78 is 36.7. The SMILES string of the molecule is COc1cc(C)c(S(=O)(=O)Nc2ccc3ccn(CC(=O)N(C)CCCN4CCC(c5ccccc5)(N(C)C)CC4)c3c2)c(C)c1. The summed E-state index contributed by atoms with van der Waals surface area (Å²) in [7, 11) is 3.94. The van der Waals surface area contributed by atoms with Crippen LogP contribution in [0.25, 0.3) is 10.9 Å². The molecule has 0 bridgehead atoms. The van der Waals surface area contributed by atoms with Gasteiger partial charge in [0.05, 0.1) is 23.2 Å². The normalized spacial score (nSPS) is 15.3. The van der Waals surface area contributed by atoms with Crippen LogP contribution >= 0.6 is 0 Å². The zero-order valence-electron chi connectivity index (χ0n) is 27.9. The second kappa shape index (κ2) is 13.9. The summed E-state index contributed by atoms with van der Waals surface area (Å²) in [5, 5.41) is 0.935. The standard InChI is InChI=1S/C36H47N5O4S/c1-27-23-32(45-6)24-28(2)35(27)46(43,44)37-31-14-13-29-15-20-41(33(29)25-31)26-34(42)39(5)18-10-19-40-21-16-36(17-22-40,38(3)4)30-11-8-7-9-12-30/h7-9,11-15,20,23-25,37H,10,16-19,21-22,26H2,1-6H3. The van der Waals surface area contributed by atoms with Crippen LogP contribution in [0.2, 0.25) is 0 Å². The first kappa shape index (κ1) is 33.5. The van der Waals surface area contributed by atoms with Gasteiger partial charge in [0.25, 0.3) is 10.0 Å². The van der Waals surface area contributed by atoms with Gasteiger partial charge in [0.15, 0.2) is 0 Å². The number of fused-ring (bicyclic) bond motifs is 1. The van der Waals surface area contributed by atoms with E-state index < -0.39 is 10.0 Å². The maximum absolute atomic E-state index is 13.4. The van der Waals surface area contributed by atoms with Crippen molar-refractivity contribution in [2.75, 3.05) is 59.2 Å². The Morgan fingerprint density at radius 3 is 2.26 bits per heavy atom. The Labute approximate surface area is 273 Å². The van der Waals surface area contributed by atoms with E-state index in [2.05, 4.69) is 58.9 Å². The Bertz CT molecular complexity index is 1750. The Hall–Kier alpha value is -3.86. The molecule has 46 heavy (non-hydrogen) atoms. The zero-order valence-corrected chi connectivity index (χ0v) is 28.7. The molecule has 0 atom stereocenters. The number of anilines is 1. The van der Waals surface area contributed by atoms with E-state index in [0.29, 0.717) is 29.1 Å². The number of hydrogen-bond acceptors (Lipinski definition) is 6. The Kier molecular flexibility index (Phi) is 10.1. The average Bonchev–Trinajstić information content (AvgIpc) is 3.42. The minimum absolute atomic E-state index is 0.0160. The smallest absolute Gasteiger partial charge is 0.262 e. The number of rotatable bonds is 12. The predicted octanol–water partition coefficient (Wildman–Crippen LogP) is 5.47. The molecule has 1 N–H and O–H groups in total. The third kappa shape index (κ3) is 7.09. The largest absolute Gasteiger partial charge is 0.497 e. The van der Waals surface area contributed by atoms with Gasteiger partial charge < -0.3 is 19.1 Å². The number of piperidine rings is 1. The molecule has 1 aliphatic rings. The van der Waals surface area contributed by atoms with Gasteiger partial charge in [-0.05, 0) is 106 Å². The molecule has 0 unspecified atom stereocenters. The van der Waals surface area contributed by atoms with Gasteiger partial charge in [-0.15, -0.1) is 0 Å². The lowest BCUT2D eigenvalue weighted by Gasteiger charge is -2.46. The van der Waals surface area contributed by atoms with Crippen molar-refractivity contribution < 1.29 is 17.9 Å². The van der Waals surface area contributed by atoms with Crippen molar-refractivity contribution in [1.29, 1.82) is 0 Å². The van der Waals surface area contributed by atoms with Gasteiger partial charge in [0.1, 0.15) is 12.3 Å². The molecule has 1 amide bonds. The molecule has 2 heterocycles. The van der Waals surface area contributed by atoms with Crippen LogP contribution in [-0.4, -0.2) is 88.0 Å². The second-order valence-electron chi connectivity index (χ2n) is 12.7. The lowest BCUT2D eigenvalue weighted by molar-refractivity contribution is -0.130. The average molecular weight is 646 g/mol. The maximum Gasteiger partial charge on any atom is 0.262 e. The second-order valence-corrected chi connectivity index (χ2v) is 14.3. The summed E-state index contributed by atoms with van der Waals surface area (Å²) in [6.07, 6.45) is 4.95. The zero-order chi connectivity index (χ0) is 33.1. The van der Waals surface area contributed by atoms with E-state index in [1.165, 1.54) is 5.56 Å². The van der Waals surface area contributed by atoms with Gasteiger partial charge in [0, 0.05) is 38.4 Å². The highest BCUT2D eigenvalue weighted by atomic mass is 32.2. The molecule has 1 aromatic heterocycles. The fourth-order valence-corrected chi connectivity index (χ4v) is 8.36. The predicted molar refractivity (Wildman–Crippen MR) is 185 cm³/mol. The van der Waals surface area contributed by atoms with Gasteiger partial charge in [-0.2, -0.15) is 0 Å². The van der Waals surface area contributed by atoms with Crippen LogP contribution in [0.3, 0.4) is 0 Å². The molecule has 3 aromatic carbocycles. The van der Waals surface area contributed by atoms with Crippen LogP contribution in [0.4, 0.5) is 5.69 Å². The molecular formula is C36H47N5O4S. The molecule has 1 aliphatic heterocycles. The molecule has 0 spiro atoms. The Balaban J connectivity index is 1.17. The molecule has 4 aromatic rings. The van der Waals surface area contributed by atoms with Gasteiger partial charge >= 0.3 is 0 Å². The van der Waals surface area contributed by atoms with E-state index in [1.807, 2.05) is 29.9 Å². The number of carbonyl (C=O) groups excluding carboxylic acids is 1. The van der Waals surface area contributed by atoms with E-state index >= 15 is 0 Å². The highest BCUT2D eigenvalue weighted by molar-refractivity contribution is 7.92. The number of likely N-dealkylation sites (N-methyl/N-ethyl adjacent to an activating group) is 1. The number of ether oxygens (including phenoxy) is 1. The summed E-state index contributed by atoms with van der Waals surface area (Å²) in [5.74, 6) is 0.631. The molecule has 0 aliphatic carbocycles. The first-order valence-electron chi connectivity index (χ1n) is 15.9. The van der Waals surface area contributed by atoms with E-state index in [0.717, 1.165) is 49.8 Å². The minimum atomic E-state index is -3.84. The van der Waals surface area contributed by atoms with Crippen molar-refractivity contribution in [2.45, 2.75) is 50.1 Å². The third-order valence-electron chi connectivity index (χ3n) is 9.51. The number of aromatic nitrogens is 1. The van der Waals surface area contributed by atoms with Gasteiger partial charge in [-0.25, -0.2) is 8.42 Å². The number of likely N-dealkylation sites (tertiary alicyclic amines) is 1. The molecule has 9 nitrogen and oxygen atoms in total. The number of aryl methyl sites for hydroxylation is 2. The number of nitrogens with one attached hydrogen (secondary N) is 1. The molecule has 1 fully saturated rings. The van der Waals surface area contributed by atoms with Crippen LogP contribution in [0.5, 0.6) is 5.75 Å². The number of hydrogen-bond donors (Lipinski definition) is 1. The van der Waals surface area contributed by atoms with Crippen molar-refractivity contribution in [3.63, 3.8) is 0 Å². The monoisotopic (exact) mass is 645 g/mol. The van der Waals surface area contributed by atoms with E-state index in [1.54, 1.807) is 50.1 Å². The molecule has 0 radical (unpaired) electrons. The lowest BCUT2D eigenvalue weighted by atomic mass is 9.80. The van der Waals surface area contributed by atoms with E-state index in [9.17, 15) is 13.2 Å². The molecule has 0 saturated carbocycles. The first-order valence-corrected chi connectivity index (χ1v) is 17.4.